The van der Waals surface area contributed by atoms with Crippen molar-refractivity contribution in [3.8, 4) is 5.82 Å². The molecule has 36 heavy (non-hydrogen) atoms. The minimum Gasteiger partial charge on any atom is -0.352 e. The molecule has 0 radical (unpaired) electrons. The zero-order valence-electron chi connectivity index (χ0n) is 20.6. The van der Waals surface area contributed by atoms with Gasteiger partial charge in [0.25, 0.3) is 11.5 Å². The summed E-state index contributed by atoms with van der Waals surface area (Å²) in [6.07, 6.45) is 11.8. The lowest BCUT2D eigenvalue weighted by atomic mass is 10.1. The Balaban J connectivity index is 1.34. The minimum atomic E-state index is -0.299. The van der Waals surface area contributed by atoms with Crippen molar-refractivity contribution >= 4 is 11.8 Å². The molecule has 0 unspecified atom stereocenters. The van der Waals surface area contributed by atoms with E-state index in [1.807, 2.05) is 33.9 Å². The highest BCUT2D eigenvalue weighted by atomic mass is 16.2. The molecule has 188 valence electrons. The molecule has 1 saturated heterocycles. The molecule has 2 fully saturated rings. The molecule has 5 rings (SSSR count). The molecule has 1 aliphatic heterocycles. The standard InChI is InChI=1S/C27H32N6O3/c1-2-23-28-14-16-33(23)24-11-5-9-21(30-24)22-10-6-15-32(22)27(36)19-12-13-26(35)31(17-19)18-25(34)29-20-7-3-4-8-20/h5,9,11-14,16-17,20,22H,2-4,6-8,10,15,18H2,1H3,(H,29,34)/t22-/m0/s1. The summed E-state index contributed by atoms with van der Waals surface area (Å²) >= 11 is 0. The fourth-order valence-corrected chi connectivity index (χ4v) is 5.33. The van der Waals surface area contributed by atoms with Crippen molar-refractivity contribution in [1.82, 2.24) is 29.3 Å². The van der Waals surface area contributed by atoms with E-state index in [2.05, 4.69) is 17.2 Å². The number of nitrogens with one attached hydrogen (secondary N) is 1. The maximum Gasteiger partial charge on any atom is 0.255 e. The molecule has 1 aliphatic carbocycles. The summed E-state index contributed by atoms with van der Waals surface area (Å²) in [5.41, 5.74) is 0.931. The Morgan fingerprint density at radius 1 is 1.08 bits per heavy atom. The summed E-state index contributed by atoms with van der Waals surface area (Å²) in [6.45, 7) is 2.58. The molecule has 1 saturated carbocycles. The molecule has 9 heteroatoms. The molecule has 0 aromatic carbocycles. The minimum absolute atomic E-state index is 0.0891. The van der Waals surface area contributed by atoms with Crippen LogP contribution in [0.1, 0.15) is 73.4 Å². The predicted molar refractivity (Wildman–Crippen MR) is 135 cm³/mol. The monoisotopic (exact) mass is 488 g/mol. The highest BCUT2D eigenvalue weighted by Crippen LogP contribution is 2.32. The number of hydrogen-bond donors (Lipinski definition) is 1. The Morgan fingerprint density at radius 2 is 1.92 bits per heavy atom. The largest absolute Gasteiger partial charge is 0.352 e. The average Bonchev–Trinajstić information content (AvgIpc) is 3.66. The van der Waals surface area contributed by atoms with Gasteiger partial charge in [0.15, 0.2) is 0 Å². The number of carbonyl (C=O) groups excluding carboxylic acids is 2. The third-order valence-corrected chi connectivity index (χ3v) is 7.16. The molecule has 0 spiro atoms. The van der Waals surface area contributed by atoms with Crippen LogP contribution in [0.15, 0.2) is 53.7 Å². The zero-order chi connectivity index (χ0) is 25.1. The van der Waals surface area contributed by atoms with Crippen molar-refractivity contribution in [2.75, 3.05) is 6.54 Å². The quantitative estimate of drug-likeness (QED) is 0.551. The van der Waals surface area contributed by atoms with Gasteiger partial charge < -0.3 is 14.8 Å². The van der Waals surface area contributed by atoms with E-state index < -0.39 is 0 Å². The Hall–Kier alpha value is -3.75. The first kappa shape index (κ1) is 24.0. The Labute approximate surface area is 210 Å². The molecular formula is C27H32N6O3. The highest BCUT2D eigenvalue weighted by molar-refractivity contribution is 5.94. The van der Waals surface area contributed by atoms with Crippen LogP contribution < -0.4 is 10.9 Å². The zero-order valence-corrected chi connectivity index (χ0v) is 20.6. The van der Waals surface area contributed by atoms with Crippen LogP contribution in [-0.2, 0) is 17.8 Å². The maximum atomic E-state index is 13.5. The van der Waals surface area contributed by atoms with Gasteiger partial charge in [-0.25, -0.2) is 9.97 Å². The van der Waals surface area contributed by atoms with Gasteiger partial charge in [-0.05, 0) is 43.9 Å². The van der Waals surface area contributed by atoms with E-state index in [4.69, 9.17) is 4.98 Å². The molecule has 3 aromatic rings. The van der Waals surface area contributed by atoms with Gasteiger partial charge in [-0.3, -0.25) is 19.0 Å². The van der Waals surface area contributed by atoms with Crippen LogP contribution in [0.5, 0.6) is 0 Å². The van der Waals surface area contributed by atoms with Crippen molar-refractivity contribution in [3.05, 3.63) is 76.4 Å². The van der Waals surface area contributed by atoms with Crippen molar-refractivity contribution in [2.45, 2.75) is 70.5 Å². The molecule has 4 heterocycles. The molecule has 2 amide bonds. The summed E-state index contributed by atoms with van der Waals surface area (Å²) in [7, 11) is 0. The van der Waals surface area contributed by atoms with Gasteiger partial charge in [0.1, 0.15) is 18.2 Å². The van der Waals surface area contributed by atoms with Crippen LogP contribution in [0, 0.1) is 0 Å². The second-order valence-electron chi connectivity index (χ2n) is 9.58. The first-order chi connectivity index (χ1) is 17.5. The molecule has 1 N–H and O–H groups in total. The number of imidazole rings is 1. The fourth-order valence-electron chi connectivity index (χ4n) is 5.33. The SMILES string of the molecule is CCc1nccn1-c1cccc([C@@H]2CCCN2C(=O)c2ccc(=O)n(CC(=O)NC3CCCC3)c2)n1. The van der Waals surface area contributed by atoms with Crippen molar-refractivity contribution in [1.29, 1.82) is 0 Å². The van der Waals surface area contributed by atoms with Crippen LogP contribution >= 0.6 is 0 Å². The molecule has 3 aromatic heterocycles. The molecule has 0 bridgehead atoms. The molecule has 2 aliphatic rings. The number of pyridine rings is 2. The molecule has 1 atom stereocenters. The summed E-state index contributed by atoms with van der Waals surface area (Å²) in [6, 6.07) is 8.80. The van der Waals surface area contributed by atoms with E-state index >= 15 is 0 Å². The smallest absolute Gasteiger partial charge is 0.255 e. The van der Waals surface area contributed by atoms with Gasteiger partial charge in [0, 0.05) is 43.7 Å². The summed E-state index contributed by atoms with van der Waals surface area (Å²) < 4.78 is 3.30. The third-order valence-electron chi connectivity index (χ3n) is 7.16. The van der Waals surface area contributed by atoms with E-state index in [-0.39, 0.29) is 36.0 Å². The van der Waals surface area contributed by atoms with E-state index in [0.717, 1.165) is 62.3 Å². The second-order valence-corrected chi connectivity index (χ2v) is 9.58. The number of aryl methyl sites for hydroxylation is 1. The van der Waals surface area contributed by atoms with E-state index in [1.165, 1.54) is 16.8 Å². The third kappa shape index (κ3) is 4.96. The maximum absolute atomic E-state index is 13.5. The van der Waals surface area contributed by atoms with Gasteiger partial charge >= 0.3 is 0 Å². The number of likely N-dealkylation sites (tertiary alicyclic amines) is 1. The Bertz CT molecular complexity index is 1310. The Morgan fingerprint density at radius 3 is 2.72 bits per heavy atom. The summed E-state index contributed by atoms with van der Waals surface area (Å²) in [5.74, 6) is 1.35. The lowest BCUT2D eigenvalue weighted by molar-refractivity contribution is -0.122. The lowest BCUT2D eigenvalue weighted by Gasteiger charge is -2.25. The van der Waals surface area contributed by atoms with E-state index in [9.17, 15) is 14.4 Å². The van der Waals surface area contributed by atoms with Crippen LogP contribution in [0.4, 0.5) is 0 Å². The highest BCUT2D eigenvalue weighted by Gasteiger charge is 2.32. The van der Waals surface area contributed by atoms with Gasteiger partial charge in [-0.1, -0.05) is 25.8 Å². The molecule has 9 nitrogen and oxygen atoms in total. The van der Waals surface area contributed by atoms with Crippen molar-refractivity contribution in [3.63, 3.8) is 0 Å². The first-order valence-corrected chi connectivity index (χ1v) is 12.8. The van der Waals surface area contributed by atoms with Gasteiger partial charge in [0.05, 0.1) is 17.3 Å². The Kier molecular flexibility index (Phi) is 6.97. The predicted octanol–water partition coefficient (Wildman–Crippen LogP) is 3.03. The fraction of sp³-hybridized carbons (Fsp3) is 0.444. The number of hydrogen-bond acceptors (Lipinski definition) is 5. The van der Waals surface area contributed by atoms with Gasteiger partial charge in [0.2, 0.25) is 5.91 Å². The van der Waals surface area contributed by atoms with E-state index in [0.29, 0.717) is 12.1 Å². The number of carbonyl (C=O) groups is 2. The molecular weight excluding hydrogens is 456 g/mol. The number of aromatic nitrogens is 4. The van der Waals surface area contributed by atoms with Crippen LogP contribution in [-0.4, -0.2) is 48.4 Å². The first-order valence-electron chi connectivity index (χ1n) is 12.8. The summed E-state index contributed by atoms with van der Waals surface area (Å²) in [5, 5.41) is 3.00. The van der Waals surface area contributed by atoms with Gasteiger partial charge in [-0.2, -0.15) is 0 Å². The van der Waals surface area contributed by atoms with Crippen LogP contribution in [0.2, 0.25) is 0 Å². The normalized spacial score (nSPS) is 18.0. The number of nitrogens with zero attached hydrogens (tertiary/aromatic N) is 5. The van der Waals surface area contributed by atoms with Crippen molar-refractivity contribution in [2.24, 2.45) is 0 Å². The number of amides is 2. The van der Waals surface area contributed by atoms with Crippen LogP contribution in [0.25, 0.3) is 5.82 Å². The van der Waals surface area contributed by atoms with Gasteiger partial charge in [-0.15, -0.1) is 0 Å². The number of rotatable bonds is 7. The average molecular weight is 489 g/mol. The summed E-state index contributed by atoms with van der Waals surface area (Å²) in [4.78, 5) is 49.5. The van der Waals surface area contributed by atoms with Crippen LogP contribution in [0.3, 0.4) is 0 Å². The van der Waals surface area contributed by atoms with E-state index in [1.54, 1.807) is 12.3 Å². The second kappa shape index (κ2) is 10.5. The van der Waals surface area contributed by atoms with Crippen molar-refractivity contribution < 1.29 is 9.59 Å². The topological polar surface area (TPSA) is 102 Å². The lowest BCUT2D eigenvalue weighted by Crippen LogP contribution is -2.38.